The number of nitrogens with one attached hydrogen (secondary N) is 1. The average molecular weight is 391 g/mol. The van der Waals surface area contributed by atoms with E-state index >= 15 is 0 Å². The van der Waals surface area contributed by atoms with E-state index in [1.165, 1.54) is 43.9 Å². The second kappa shape index (κ2) is 9.37. The van der Waals surface area contributed by atoms with E-state index in [-0.39, 0.29) is 11.2 Å². The molecule has 1 aromatic carbocycles. The van der Waals surface area contributed by atoms with Crippen LogP contribution in [0.1, 0.15) is 46.0 Å². The second-order valence-electron chi connectivity index (χ2n) is 6.53. The molecule has 1 unspecified atom stereocenters. The summed E-state index contributed by atoms with van der Waals surface area (Å²) in [6.07, 6.45) is 6.33. The largest absolute Gasteiger partial charge is 0.357 e. The number of hydrogen-bond donors (Lipinski definition) is 1. The van der Waals surface area contributed by atoms with Crippen LogP contribution >= 0.6 is 23.1 Å². The fraction of sp³-hybridized carbons (Fsp3) is 0.526. The van der Waals surface area contributed by atoms with Gasteiger partial charge in [0.25, 0.3) is 0 Å². The zero-order chi connectivity index (χ0) is 18.4. The summed E-state index contributed by atoms with van der Waals surface area (Å²) in [5.41, 5.74) is 0.935. The minimum absolute atomic E-state index is 0.0979. The molecule has 2 aromatic rings. The Morgan fingerprint density at radius 1 is 1.27 bits per heavy atom. The maximum Gasteiger partial charge on any atom is 0.240 e. The molecule has 1 heterocycles. The summed E-state index contributed by atoms with van der Waals surface area (Å²) in [7, 11) is 0. The van der Waals surface area contributed by atoms with Crippen molar-refractivity contribution in [2.75, 3.05) is 16.8 Å². The number of benzene rings is 1. The van der Waals surface area contributed by atoms with E-state index in [1.54, 1.807) is 11.3 Å². The van der Waals surface area contributed by atoms with E-state index in [1.807, 2.05) is 49.1 Å². The molecule has 1 aromatic heterocycles. The van der Waals surface area contributed by atoms with Crippen LogP contribution < -0.4 is 10.2 Å². The molecular formula is C19H26N4OS2. The lowest BCUT2D eigenvalue weighted by molar-refractivity contribution is -0.117. The molecule has 5 nitrogen and oxygen atoms in total. The first-order valence-electron chi connectivity index (χ1n) is 9.30. The zero-order valence-corrected chi connectivity index (χ0v) is 17.0. The van der Waals surface area contributed by atoms with Gasteiger partial charge in [0.15, 0.2) is 4.34 Å². The highest BCUT2D eigenvalue weighted by Crippen LogP contribution is 2.32. The number of thioether (sulfide) groups is 1. The van der Waals surface area contributed by atoms with Crippen LogP contribution in [0.3, 0.4) is 0 Å². The van der Waals surface area contributed by atoms with Gasteiger partial charge < -0.3 is 10.2 Å². The summed E-state index contributed by atoms with van der Waals surface area (Å²) >= 11 is 3.03. The number of anilines is 2. The summed E-state index contributed by atoms with van der Waals surface area (Å²) in [4.78, 5) is 14.7. The Kier molecular flexibility index (Phi) is 6.91. The van der Waals surface area contributed by atoms with Gasteiger partial charge in [-0.25, -0.2) is 0 Å². The number of rotatable bonds is 7. The van der Waals surface area contributed by atoms with Crippen molar-refractivity contribution >= 4 is 39.8 Å². The number of carbonyl (C=O) groups excluding carboxylic acids is 1. The molecule has 1 aliphatic rings. The highest BCUT2D eigenvalue weighted by atomic mass is 32.2. The van der Waals surface area contributed by atoms with Crippen molar-refractivity contribution in [3.05, 3.63) is 30.3 Å². The molecule has 0 spiro atoms. The van der Waals surface area contributed by atoms with Crippen LogP contribution in [0.4, 0.5) is 10.8 Å². The molecule has 26 heavy (non-hydrogen) atoms. The third-order valence-electron chi connectivity index (χ3n) is 4.61. The van der Waals surface area contributed by atoms with Gasteiger partial charge in [0.2, 0.25) is 11.0 Å². The van der Waals surface area contributed by atoms with Crippen molar-refractivity contribution in [1.82, 2.24) is 10.2 Å². The van der Waals surface area contributed by atoms with Gasteiger partial charge in [0.05, 0.1) is 5.25 Å². The number of hydrogen-bond acceptors (Lipinski definition) is 6. The lowest BCUT2D eigenvalue weighted by Gasteiger charge is -2.23. The van der Waals surface area contributed by atoms with Crippen molar-refractivity contribution in [3.63, 3.8) is 0 Å². The van der Waals surface area contributed by atoms with Crippen molar-refractivity contribution in [3.8, 4) is 0 Å². The molecule has 1 fully saturated rings. The number of aromatic nitrogens is 2. The van der Waals surface area contributed by atoms with E-state index in [4.69, 9.17) is 0 Å². The Hall–Kier alpha value is -1.60. The number of nitrogens with zero attached hydrogens (tertiary/aromatic N) is 3. The van der Waals surface area contributed by atoms with Crippen molar-refractivity contribution in [2.24, 2.45) is 0 Å². The third-order valence-corrected chi connectivity index (χ3v) is 6.64. The predicted octanol–water partition coefficient (Wildman–Crippen LogP) is 4.82. The first-order chi connectivity index (χ1) is 12.7. The van der Waals surface area contributed by atoms with Crippen LogP contribution in [0, 0.1) is 0 Å². The first kappa shape index (κ1) is 19.2. The molecule has 0 bridgehead atoms. The monoisotopic (exact) mass is 390 g/mol. The Bertz CT molecular complexity index is 701. The summed E-state index contributed by atoms with van der Waals surface area (Å²) in [6, 6.07) is 10.3. The quantitative estimate of drug-likeness (QED) is 0.687. The summed E-state index contributed by atoms with van der Waals surface area (Å²) in [5, 5.41) is 12.7. The average Bonchev–Trinajstić information content (AvgIpc) is 3.10. The third kappa shape index (κ3) is 4.98. The van der Waals surface area contributed by atoms with Crippen molar-refractivity contribution in [2.45, 2.75) is 61.6 Å². The summed E-state index contributed by atoms with van der Waals surface area (Å²) in [6.45, 7) is 4.59. The molecule has 1 N–H and O–H groups in total. The maximum absolute atomic E-state index is 12.8. The Balaban J connectivity index is 1.58. The van der Waals surface area contributed by atoms with E-state index < -0.39 is 0 Å². The van der Waals surface area contributed by atoms with E-state index in [2.05, 4.69) is 15.5 Å². The minimum Gasteiger partial charge on any atom is -0.357 e. The number of carbonyl (C=O) groups is 1. The Morgan fingerprint density at radius 3 is 2.69 bits per heavy atom. The van der Waals surface area contributed by atoms with Gasteiger partial charge in [0, 0.05) is 18.3 Å². The van der Waals surface area contributed by atoms with Gasteiger partial charge in [-0.2, -0.15) is 0 Å². The van der Waals surface area contributed by atoms with Gasteiger partial charge in [0.1, 0.15) is 0 Å². The molecule has 3 rings (SSSR count). The molecule has 140 valence electrons. The molecule has 1 aliphatic carbocycles. The van der Waals surface area contributed by atoms with E-state index in [0.717, 1.165) is 15.2 Å². The predicted molar refractivity (Wildman–Crippen MR) is 110 cm³/mol. The van der Waals surface area contributed by atoms with Crippen LogP contribution in [0.15, 0.2) is 34.7 Å². The first-order valence-corrected chi connectivity index (χ1v) is 11.0. The van der Waals surface area contributed by atoms with Gasteiger partial charge in [-0.3, -0.25) is 4.79 Å². The zero-order valence-electron chi connectivity index (χ0n) is 15.4. The summed E-state index contributed by atoms with van der Waals surface area (Å²) in [5.74, 6) is 0.0979. The normalized spacial score (nSPS) is 16.2. The highest BCUT2D eigenvalue weighted by Gasteiger charge is 2.23. The fourth-order valence-corrected chi connectivity index (χ4v) is 5.27. The Morgan fingerprint density at radius 2 is 2.00 bits per heavy atom. The SMILES string of the molecule is CCN(C(=O)C(C)Sc1nnc(NC2CCCCC2)s1)c1ccccc1. The highest BCUT2D eigenvalue weighted by molar-refractivity contribution is 8.02. The molecule has 1 amide bonds. The van der Waals surface area contributed by atoms with E-state index in [0.29, 0.717) is 12.6 Å². The van der Waals surface area contributed by atoms with Gasteiger partial charge in [-0.05, 0) is 38.8 Å². The molecule has 0 saturated heterocycles. The molecule has 7 heteroatoms. The van der Waals surface area contributed by atoms with Gasteiger partial charge >= 0.3 is 0 Å². The molecule has 1 saturated carbocycles. The standard InChI is InChI=1S/C19H26N4OS2/c1-3-23(16-12-8-5-9-13-16)17(24)14(2)25-19-22-21-18(26-19)20-15-10-6-4-7-11-15/h5,8-9,12-15H,3-4,6-7,10-11H2,1-2H3,(H,20,21). The van der Waals surface area contributed by atoms with Gasteiger partial charge in [-0.15, -0.1) is 10.2 Å². The van der Waals surface area contributed by atoms with E-state index in [9.17, 15) is 4.79 Å². The fourth-order valence-electron chi connectivity index (χ4n) is 3.23. The topological polar surface area (TPSA) is 58.1 Å². The Labute approximate surface area is 163 Å². The number of amides is 1. The van der Waals surface area contributed by atoms with Crippen LogP contribution in [0.25, 0.3) is 0 Å². The maximum atomic E-state index is 12.8. The molecule has 1 atom stereocenters. The minimum atomic E-state index is -0.203. The van der Waals surface area contributed by atoms with Crippen LogP contribution in [-0.2, 0) is 4.79 Å². The molecular weight excluding hydrogens is 364 g/mol. The number of para-hydroxylation sites is 1. The molecule has 0 radical (unpaired) electrons. The van der Waals surface area contributed by atoms with Crippen LogP contribution in [0.2, 0.25) is 0 Å². The van der Waals surface area contributed by atoms with Gasteiger partial charge in [-0.1, -0.05) is 60.6 Å². The van der Waals surface area contributed by atoms with Crippen molar-refractivity contribution in [1.29, 1.82) is 0 Å². The lowest BCUT2D eigenvalue weighted by Crippen LogP contribution is -2.36. The van der Waals surface area contributed by atoms with Crippen molar-refractivity contribution < 1.29 is 4.79 Å². The smallest absolute Gasteiger partial charge is 0.240 e. The summed E-state index contributed by atoms with van der Waals surface area (Å²) < 4.78 is 0.841. The second-order valence-corrected chi connectivity index (χ2v) is 9.10. The molecule has 0 aliphatic heterocycles. The van der Waals surface area contributed by atoms with Crippen LogP contribution in [0.5, 0.6) is 0 Å². The lowest BCUT2D eigenvalue weighted by atomic mass is 9.96. The van der Waals surface area contributed by atoms with Crippen LogP contribution in [-0.4, -0.2) is 33.9 Å².